The van der Waals surface area contributed by atoms with Crippen LogP contribution in [-0.2, 0) is 0 Å². The summed E-state index contributed by atoms with van der Waals surface area (Å²) >= 11 is 0. The molecule has 2 aromatic heterocycles. The number of carbonyl (C=O) groups excluding carboxylic acids is 1. The first kappa shape index (κ1) is 18.3. The highest BCUT2D eigenvalue weighted by molar-refractivity contribution is 6.07. The highest BCUT2D eigenvalue weighted by atomic mass is 16.1. The van der Waals surface area contributed by atoms with E-state index in [-0.39, 0.29) is 5.91 Å². The lowest BCUT2D eigenvalue weighted by Crippen LogP contribution is -2.22. The van der Waals surface area contributed by atoms with Crippen molar-refractivity contribution < 1.29 is 4.79 Å². The highest BCUT2D eigenvalue weighted by Gasteiger charge is 2.16. The lowest BCUT2D eigenvalue weighted by molar-refractivity contribution is 0.102. The van der Waals surface area contributed by atoms with E-state index < -0.39 is 0 Å². The Kier molecular flexibility index (Phi) is 5.46. The largest absolute Gasteiger partial charge is 0.351 e. The molecule has 1 amide bonds. The third-order valence-electron chi connectivity index (χ3n) is 5.16. The Morgan fingerprint density at radius 3 is 2.64 bits per heavy atom. The molecule has 0 bridgehead atoms. The lowest BCUT2D eigenvalue weighted by atomic mass is 10.1. The van der Waals surface area contributed by atoms with E-state index in [1.54, 1.807) is 12.3 Å². The van der Waals surface area contributed by atoms with Gasteiger partial charge in [0.25, 0.3) is 5.91 Å². The summed E-state index contributed by atoms with van der Waals surface area (Å²) in [6.45, 7) is 1.89. The standard InChI is InChI=1S/C22H25N5O/c1-15-14-19(27-22(24-15)25-17-10-4-2-3-5-11-17)21(28)26-18-12-6-8-16-9-7-13-23-20(16)18/h6-9,12-14,17H,2-5,10-11H2,1H3,(H,26,28)(H,24,25,27). The van der Waals surface area contributed by atoms with Gasteiger partial charge in [-0.25, -0.2) is 9.97 Å². The molecule has 4 rings (SSSR count). The average Bonchev–Trinajstić information content (AvgIpc) is 2.96. The predicted octanol–water partition coefficient (Wildman–Crippen LogP) is 4.72. The molecular formula is C22H25N5O. The van der Waals surface area contributed by atoms with Gasteiger partial charge in [0, 0.05) is 23.3 Å². The molecule has 1 saturated carbocycles. The van der Waals surface area contributed by atoms with Gasteiger partial charge in [-0.3, -0.25) is 9.78 Å². The number of amides is 1. The fourth-order valence-electron chi connectivity index (χ4n) is 3.75. The van der Waals surface area contributed by atoms with Crippen LogP contribution in [0, 0.1) is 6.92 Å². The van der Waals surface area contributed by atoms with E-state index in [9.17, 15) is 4.79 Å². The summed E-state index contributed by atoms with van der Waals surface area (Å²) in [5.41, 5.74) is 2.57. The number of hydrogen-bond donors (Lipinski definition) is 2. The van der Waals surface area contributed by atoms with Gasteiger partial charge in [0.05, 0.1) is 11.2 Å². The third-order valence-corrected chi connectivity index (χ3v) is 5.16. The van der Waals surface area contributed by atoms with E-state index in [1.807, 2.05) is 37.3 Å². The van der Waals surface area contributed by atoms with Crippen molar-refractivity contribution in [2.24, 2.45) is 0 Å². The van der Waals surface area contributed by atoms with Crippen LogP contribution in [0.1, 0.15) is 54.7 Å². The van der Waals surface area contributed by atoms with Crippen molar-refractivity contribution in [2.45, 2.75) is 51.5 Å². The second kappa shape index (κ2) is 8.33. The Morgan fingerprint density at radius 1 is 1.04 bits per heavy atom. The van der Waals surface area contributed by atoms with Crippen LogP contribution in [0.5, 0.6) is 0 Å². The molecular weight excluding hydrogens is 350 g/mol. The molecule has 28 heavy (non-hydrogen) atoms. The summed E-state index contributed by atoms with van der Waals surface area (Å²) < 4.78 is 0. The number of para-hydroxylation sites is 1. The van der Waals surface area contributed by atoms with Gasteiger partial charge >= 0.3 is 0 Å². The molecule has 1 aromatic carbocycles. The number of pyridine rings is 1. The Morgan fingerprint density at radius 2 is 1.82 bits per heavy atom. The van der Waals surface area contributed by atoms with Gasteiger partial charge in [0.15, 0.2) is 0 Å². The summed E-state index contributed by atoms with van der Waals surface area (Å²) in [4.78, 5) is 26.2. The van der Waals surface area contributed by atoms with Crippen LogP contribution < -0.4 is 10.6 Å². The Bertz CT molecular complexity index is 974. The molecule has 0 spiro atoms. The molecule has 0 atom stereocenters. The summed E-state index contributed by atoms with van der Waals surface area (Å²) in [6.07, 6.45) is 9.01. The zero-order chi connectivity index (χ0) is 19.3. The van der Waals surface area contributed by atoms with Crippen molar-refractivity contribution in [3.05, 3.63) is 54.0 Å². The van der Waals surface area contributed by atoms with Crippen LogP contribution in [0.2, 0.25) is 0 Å². The molecule has 6 nitrogen and oxygen atoms in total. The van der Waals surface area contributed by atoms with Gasteiger partial charge in [0.1, 0.15) is 5.69 Å². The number of nitrogens with one attached hydrogen (secondary N) is 2. The van der Waals surface area contributed by atoms with Gasteiger partial charge < -0.3 is 10.6 Å². The van der Waals surface area contributed by atoms with E-state index in [0.29, 0.717) is 23.4 Å². The molecule has 1 aliphatic carbocycles. The van der Waals surface area contributed by atoms with Crippen LogP contribution in [0.25, 0.3) is 10.9 Å². The number of nitrogens with zero attached hydrogens (tertiary/aromatic N) is 3. The molecule has 0 radical (unpaired) electrons. The molecule has 0 saturated heterocycles. The fraction of sp³-hybridized carbons (Fsp3) is 0.364. The molecule has 1 fully saturated rings. The fourth-order valence-corrected chi connectivity index (χ4v) is 3.75. The number of carbonyl (C=O) groups is 1. The molecule has 2 heterocycles. The zero-order valence-electron chi connectivity index (χ0n) is 16.1. The van der Waals surface area contributed by atoms with Crippen LogP contribution >= 0.6 is 0 Å². The Hall–Kier alpha value is -3.02. The Labute approximate surface area is 164 Å². The second-order valence-corrected chi connectivity index (χ2v) is 7.39. The SMILES string of the molecule is Cc1cc(C(=O)Nc2cccc3cccnc23)nc(NC2CCCCCC2)n1. The quantitative estimate of drug-likeness (QED) is 0.645. The van der Waals surface area contributed by atoms with Crippen molar-refractivity contribution in [3.8, 4) is 0 Å². The molecule has 2 N–H and O–H groups in total. The number of benzene rings is 1. The number of hydrogen-bond acceptors (Lipinski definition) is 5. The minimum atomic E-state index is -0.257. The van der Waals surface area contributed by atoms with Crippen molar-refractivity contribution in [3.63, 3.8) is 0 Å². The van der Waals surface area contributed by atoms with Gasteiger partial charge in [0.2, 0.25) is 5.95 Å². The number of fused-ring (bicyclic) bond motifs is 1. The van der Waals surface area contributed by atoms with E-state index in [2.05, 4.69) is 25.6 Å². The smallest absolute Gasteiger partial charge is 0.274 e. The second-order valence-electron chi connectivity index (χ2n) is 7.39. The Balaban J connectivity index is 1.54. The summed E-state index contributed by atoms with van der Waals surface area (Å²) in [6, 6.07) is 11.7. The van der Waals surface area contributed by atoms with Gasteiger partial charge in [-0.05, 0) is 38.0 Å². The number of rotatable bonds is 4. The predicted molar refractivity (Wildman–Crippen MR) is 112 cm³/mol. The zero-order valence-corrected chi connectivity index (χ0v) is 16.1. The van der Waals surface area contributed by atoms with Crippen molar-refractivity contribution in [2.75, 3.05) is 10.6 Å². The number of anilines is 2. The minimum absolute atomic E-state index is 0.257. The molecule has 0 unspecified atom stereocenters. The van der Waals surface area contributed by atoms with Gasteiger partial charge in [-0.1, -0.05) is 43.9 Å². The first-order valence-electron chi connectivity index (χ1n) is 9.96. The van der Waals surface area contributed by atoms with Crippen LogP contribution in [0.3, 0.4) is 0 Å². The summed E-state index contributed by atoms with van der Waals surface area (Å²) in [7, 11) is 0. The van der Waals surface area contributed by atoms with Gasteiger partial charge in [-0.2, -0.15) is 0 Å². The molecule has 1 aliphatic rings. The maximum atomic E-state index is 12.9. The average molecular weight is 375 g/mol. The first-order chi connectivity index (χ1) is 13.7. The van der Waals surface area contributed by atoms with E-state index >= 15 is 0 Å². The molecule has 6 heteroatoms. The lowest BCUT2D eigenvalue weighted by Gasteiger charge is -2.17. The van der Waals surface area contributed by atoms with Crippen molar-refractivity contribution in [1.29, 1.82) is 0 Å². The van der Waals surface area contributed by atoms with Crippen molar-refractivity contribution in [1.82, 2.24) is 15.0 Å². The topological polar surface area (TPSA) is 79.8 Å². The third kappa shape index (κ3) is 4.27. The van der Waals surface area contributed by atoms with Crippen LogP contribution in [0.15, 0.2) is 42.6 Å². The summed E-state index contributed by atoms with van der Waals surface area (Å²) in [5.74, 6) is 0.278. The van der Waals surface area contributed by atoms with E-state index in [0.717, 1.165) is 29.4 Å². The van der Waals surface area contributed by atoms with Crippen LogP contribution in [0.4, 0.5) is 11.6 Å². The minimum Gasteiger partial charge on any atom is -0.351 e. The van der Waals surface area contributed by atoms with Gasteiger partial charge in [-0.15, -0.1) is 0 Å². The normalized spacial score (nSPS) is 15.2. The molecule has 144 valence electrons. The number of aryl methyl sites for hydroxylation is 1. The molecule has 3 aromatic rings. The van der Waals surface area contributed by atoms with E-state index in [1.165, 1.54) is 25.7 Å². The monoisotopic (exact) mass is 375 g/mol. The maximum absolute atomic E-state index is 12.9. The van der Waals surface area contributed by atoms with Crippen molar-refractivity contribution >= 4 is 28.4 Å². The maximum Gasteiger partial charge on any atom is 0.274 e. The first-order valence-corrected chi connectivity index (χ1v) is 9.96. The summed E-state index contributed by atoms with van der Waals surface area (Å²) in [5, 5.41) is 7.37. The number of aromatic nitrogens is 3. The van der Waals surface area contributed by atoms with Crippen LogP contribution in [-0.4, -0.2) is 26.9 Å². The molecule has 0 aliphatic heterocycles. The van der Waals surface area contributed by atoms with E-state index in [4.69, 9.17) is 0 Å². The highest BCUT2D eigenvalue weighted by Crippen LogP contribution is 2.22.